The number of benzene rings is 3. The van der Waals surface area contributed by atoms with Gasteiger partial charge in [-0.25, -0.2) is 4.98 Å². The highest BCUT2D eigenvalue weighted by molar-refractivity contribution is 6.16. The van der Waals surface area contributed by atoms with E-state index < -0.39 is 5.41 Å². The molecule has 4 aromatic rings. The molecule has 3 atom stereocenters. The molecule has 2 unspecified atom stereocenters. The van der Waals surface area contributed by atoms with Gasteiger partial charge in [-0.05, 0) is 41.2 Å². The lowest BCUT2D eigenvalue weighted by molar-refractivity contribution is -0.136. The molecule has 4 aliphatic carbocycles. The first-order chi connectivity index (χ1) is 16.1. The number of nitrogens with zero attached hydrogens (tertiary/aromatic N) is 1. The van der Waals surface area contributed by atoms with E-state index in [0.717, 1.165) is 27.7 Å². The summed E-state index contributed by atoms with van der Waals surface area (Å²) in [7, 11) is 0. The lowest BCUT2D eigenvalue weighted by Gasteiger charge is -2.51. The number of hydrogen-bond donors (Lipinski definition) is 0. The summed E-state index contributed by atoms with van der Waals surface area (Å²) >= 11 is 0. The smallest absolute Gasteiger partial charge is 0.147 e. The molecule has 3 heteroatoms. The number of carbonyl (C=O) groups is 2. The SMILES string of the molecule is O=C1CC23C[C@]14CC2(CC4=O)c1c(nc2ccccc2c1-c1ccccc1)-c1ccccc13. The number of aromatic nitrogens is 1. The van der Waals surface area contributed by atoms with Gasteiger partial charge in [0.25, 0.3) is 0 Å². The van der Waals surface area contributed by atoms with Gasteiger partial charge in [0, 0.05) is 34.6 Å². The molecule has 0 saturated heterocycles. The molecule has 8 rings (SSSR count). The third-order valence-electron chi connectivity index (χ3n) is 9.25. The monoisotopic (exact) mass is 427 g/mol. The van der Waals surface area contributed by atoms with Crippen molar-refractivity contribution in [3.8, 4) is 22.4 Å². The van der Waals surface area contributed by atoms with Crippen molar-refractivity contribution in [3.05, 3.63) is 90.0 Å². The first-order valence-electron chi connectivity index (χ1n) is 11.7. The quantitative estimate of drug-likeness (QED) is 0.362. The molecule has 33 heavy (non-hydrogen) atoms. The molecule has 3 aromatic carbocycles. The Kier molecular flexibility index (Phi) is 2.97. The van der Waals surface area contributed by atoms with E-state index in [1.165, 1.54) is 16.7 Å². The largest absolute Gasteiger partial charge is 0.299 e. The van der Waals surface area contributed by atoms with Crippen molar-refractivity contribution in [2.75, 3.05) is 0 Å². The molecule has 0 radical (unpaired) electrons. The van der Waals surface area contributed by atoms with Gasteiger partial charge in [-0.2, -0.15) is 0 Å². The predicted octanol–water partition coefficient (Wildman–Crippen LogP) is 5.78. The minimum atomic E-state index is -0.797. The van der Waals surface area contributed by atoms with Crippen molar-refractivity contribution in [3.63, 3.8) is 0 Å². The van der Waals surface area contributed by atoms with Crippen LogP contribution in [0.25, 0.3) is 33.3 Å². The zero-order chi connectivity index (χ0) is 22.0. The molecule has 3 bridgehead atoms. The van der Waals surface area contributed by atoms with Crippen molar-refractivity contribution in [1.29, 1.82) is 0 Å². The van der Waals surface area contributed by atoms with E-state index in [-0.39, 0.29) is 22.4 Å². The first kappa shape index (κ1) is 17.9. The summed E-state index contributed by atoms with van der Waals surface area (Å²) in [5.74, 6) is 0.312. The van der Waals surface area contributed by atoms with Gasteiger partial charge in [0.1, 0.15) is 11.6 Å². The van der Waals surface area contributed by atoms with Crippen LogP contribution in [-0.2, 0) is 20.4 Å². The van der Waals surface area contributed by atoms with E-state index in [0.29, 0.717) is 25.7 Å². The van der Waals surface area contributed by atoms with Gasteiger partial charge in [0.15, 0.2) is 0 Å². The van der Waals surface area contributed by atoms with Crippen molar-refractivity contribution in [2.45, 2.75) is 36.5 Å². The summed E-state index contributed by atoms with van der Waals surface area (Å²) in [5, 5.41) is 1.12. The Labute approximate surface area is 191 Å². The number of ketones is 2. The highest BCUT2D eigenvalue weighted by Gasteiger charge is 2.81. The maximum Gasteiger partial charge on any atom is 0.147 e. The van der Waals surface area contributed by atoms with Crippen LogP contribution < -0.4 is 0 Å². The number of fused-ring (bicyclic) bond motifs is 4. The van der Waals surface area contributed by atoms with Gasteiger partial charge >= 0.3 is 0 Å². The van der Waals surface area contributed by atoms with E-state index in [4.69, 9.17) is 4.98 Å². The number of Topliss-reactive ketones (excluding diaryl/α,β-unsaturated/α-hetero) is 2. The summed E-state index contributed by atoms with van der Waals surface area (Å²) < 4.78 is 0. The molecule has 3 saturated carbocycles. The fourth-order valence-electron chi connectivity index (χ4n) is 8.08. The maximum atomic E-state index is 13.5. The Morgan fingerprint density at radius 1 is 0.697 bits per heavy atom. The molecular weight excluding hydrogens is 406 g/mol. The number of para-hydroxylation sites is 1. The van der Waals surface area contributed by atoms with E-state index in [1.807, 2.05) is 12.1 Å². The Bertz CT molecular complexity index is 1570. The van der Waals surface area contributed by atoms with E-state index in [1.54, 1.807) is 0 Å². The Morgan fingerprint density at radius 3 is 2.21 bits per heavy atom. The summed E-state index contributed by atoms with van der Waals surface area (Å²) in [6.07, 6.45) is 2.21. The molecule has 3 nitrogen and oxygen atoms in total. The van der Waals surface area contributed by atoms with Crippen molar-refractivity contribution in [1.82, 2.24) is 4.98 Å². The van der Waals surface area contributed by atoms with Gasteiger partial charge in [-0.1, -0.05) is 72.8 Å². The van der Waals surface area contributed by atoms with Crippen LogP contribution in [0.4, 0.5) is 0 Å². The van der Waals surface area contributed by atoms with Crippen LogP contribution in [0.2, 0.25) is 0 Å². The van der Waals surface area contributed by atoms with Crippen LogP contribution in [0.3, 0.4) is 0 Å². The van der Waals surface area contributed by atoms with Gasteiger partial charge in [-0.3, -0.25) is 9.59 Å². The van der Waals surface area contributed by atoms with E-state index >= 15 is 0 Å². The predicted molar refractivity (Wildman–Crippen MR) is 127 cm³/mol. The molecule has 0 amide bonds. The van der Waals surface area contributed by atoms with Crippen LogP contribution in [0.1, 0.15) is 36.8 Å². The first-order valence-corrected chi connectivity index (χ1v) is 11.7. The zero-order valence-corrected chi connectivity index (χ0v) is 18.1. The van der Waals surface area contributed by atoms with Gasteiger partial charge < -0.3 is 0 Å². The molecule has 1 heterocycles. The van der Waals surface area contributed by atoms with Gasteiger partial charge in [0.2, 0.25) is 0 Å². The molecule has 3 fully saturated rings. The second-order valence-corrected chi connectivity index (χ2v) is 10.4. The number of hydrogen-bond acceptors (Lipinski definition) is 3. The summed E-state index contributed by atoms with van der Waals surface area (Å²) in [6.45, 7) is 0. The van der Waals surface area contributed by atoms with E-state index in [2.05, 4.69) is 66.7 Å². The highest BCUT2D eigenvalue weighted by Crippen LogP contribution is 2.79. The normalized spacial score (nSPS) is 30.4. The van der Waals surface area contributed by atoms with Crippen LogP contribution in [0, 0.1) is 5.41 Å². The summed E-state index contributed by atoms with van der Waals surface area (Å²) in [6, 6.07) is 27.4. The fourth-order valence-corrected chi connectivity index (χ4v) is 8.08. The minimum Gasteiger partial charge on any atom is -0.299 e. The zero-order valence-electron chi connectivity index (χ0n) is 18.1. The molecule has 0 N–H and O–H groups in total. The van der Waals surface area contributed by atoms with Crippen molar-refractivity contribution < 1.29 is 9.59 Å². The average Bonchev–Trinajstić information content (AvgIpc) is 3.42. The highest BCUT2D eigenvalue weighted by atomic mass is 16.2. The molecule has 1 aromatic heterocycles. The fraction of sp³-hybridized carbons (Fsp3) is 0.233. The van der Waals surface area contributed by atoms with Crippen LogP contribution in [0.5, 0.6) is 0 Å². The lowest BCUT2D eigenvalue weighted by Crippen LogP contribution is -2.49. The van der Waals surface area contributed by atoms with Crippen molar-refractivity contribution >= 4 is 22.5 Å². The van der Waals surface area contributed by atoms with Gasteiger partial charge in [0.05, 0.1) is 16.6 Å². The Morgan fingerprint density at radius 2 is 1.36 bits per heavy atom. The maximum absolute atomic E-state index is 13.5. The molecule has 0 aliphatic heterocycles. The molecule has 4 aliphatic rings. The second kappa shape index (κ2) is 5.48. The van der Waals surface area contributed by atoms with E-state index in [9.17, 15) is 9.59 Å². The molecule has 158 valence electrons. The topological polar surface area (TPSA) is 47.0 Å². The average molecular weight is 428 g/mol. The summed E-state index contributed by atoms with van der Waals surface area (Å²) in [5.41, 5.74) is 6.38. The Hall–Kier alpha value is -3.59. The molecule has 3 spiro atoms. The second-order valence-electron chi connectivity index (χ2n) is 10.4. The lowest BCUT2D eigenvalue weighted by atomic mass is 9.51. The standard InChI is InChI=1S/C30H21NO2/c32-23-14-29-16-28(23)17-30(29,15-24(28)33)26-25(18-8-2-1-3-9-18)20-11-5-7-13-22(20)31-27(26)19-10-4-6-12-21(19)29/h1-13H,14-17H2/t28-,29?,30?/m0/s1. The minimum absolute atomic E-state index is 0.151. The molecular formula is C30H21NO2. The van der Waals surface area contributed by atoms with Crippen molar-refractivity contribution in [2.24, 2.45) is 5.41 Å². The van der Waals surface area contributed by atoms with Gasteiger partial charge in [-0.15, -0.1) is 0 Å². The number of carbonyl (C=O) groups excluding carboxylic acids is 2. The van der Waals surface area contributed by atoms with Crippen LogP contribution in [-0.4, -0.2) is 16.6 Å². The summed E-state index contributed by atoms with van der Waals surface area (Å²) in [4.78, 5) is 32.0. The van der Waals surface area contributed by atoms with Crippen LogP contribution in [0.15, 0.2) is 78.9 Å². The van der Waals surface area contributed by atoms with Crippen LogP contribution >= 0.6 is 0 Å². The third kappa shape index (κ3) is 1.78. The Balaban J connectivity index is 1.61. The number of pyridine rings is 1. The third-order valence-corrected chi connectivity index (χ3v) is 9.25. The number of rotatable bonds is 1.